The molecule has 0 aromatic carbocycles. The molecule has 0 saturated carbocycles. The second kappa shape index (κ2) is 4.02. The van der Waals surface area contributed by atoms with Gasteiger partial charge < -0.3 is 15.3 Å². The molecule has 6 heteroatoms. The van der Waals surface area contributed by atoms with Crippen molar-refractivity contribution in [3.05, 3.63) is 0 Å². The molecule has 0 saturated heterocycles. The Bertz CT molecular complexity index is 159. The van der Waals surface area contributed by atoms with Crippen LogP contribution < -0.4 is 5.73 Å². The van der Waals surface area contributed by atoms with Crippen LogP contribution in [-0.2, 0) is 9.59 Å². The van der Waals surface area contributed by atoms with Gasteiger partial charge in [-0.25, -0.2) is 0 Å². The first-order valence-corrected chi connectivity index (χ1v) is 2.68. The van der Waals surface area contributed by atoms with Crippen LogP contribution in [0.3, 0.4) is 0 Å². The van der Waals surface area contributed by atoms with Gasteiger partial charge in [-0.15, -0.1) is 0 Å². The van der Waals surface area contributed by atoms with Gasteiger partial charge in [0.1, 0.15) is 12.2 Å². The molecule has 0 bridgehead atoms. The van der Waals surface area contributed by atoms with Crippen molar-refractivity contribution in [2.45, 2.75) is 18.3 Å². The maximum absolute atomic E-state index is 10.0. The molecule has 3 atom stereocenters. The van der Waals surface area contributed by atoms with Gasteiger partial charge >= 0.3 is 0 Å². The van der Waals surface area contributed by atoms with Crippen molar-refractivity contribution in [2.75, 3.05) is 0 Å². The number of amides is 1. The summed E-state index contributed by atoms with van der Waals surface area (Å²) in [6.45, 7) is 0. The van der Waals surface area contributed by atoms with Crippen molar-refractivity contribution < 1.29 is 24.9 Å². The quantitative estimate of drug-likeness (QED) is 0.405. The van der Waals surface area contributed by atoms with E-state index in [-0.39, 0.29) is 0 Å². The van der Waals surface area contributed by atoms with Crippen LogP contribution in [0.1, 0.15) is 0 Å². The minimum absolute atomic E-state index is 0.960. The summed E-state index contributed by atoms with van der Waals surface area (Å²) in [5.41, 5.74) is 6.29. The molecule has 0 fully saturated rings. The van der Waals surface area contributed by atoms with Crippen LogP contribution in [0.2, 0.25) is 0 Å². The molecule has 0 aliphatic rings. The highest BCUT2D eigenvalue weighted by Crippen LogP contribution is 1.97. The SMILES string of the molecule is [NH]C(=O)[C@H](O)[C@@H](O)[C@H](O)[C]=O. The predicted molar refractivity (Wildman–Crippen MR) is 31.8 cm³/mol. The van der Waals surface area contributed by atoms with Gasteiger partial charge in [0.15, 0.2) is 6.10 Å². The van der Waals surface area contributed by atoms with Crippen molar-refractivity contribution in [2.24, 2.45) is 0 Å². The zero-order valence-corrected chi connectivity index (χ0v) is 5.39. The van der Waals surface area contributed by atoms with Crippen molar-refractivity contribution in [1.29, 1.82) is 0 Å². The lowest BCUT2D eigenvalue weighted by atomic mass is 10.1. The summed E-state index contributed by atoms with van der Waals surface area (Å²) >= 11 is 0. The molecule has 6 nitrogen and oxygen atoms in total. The lowest BCUT2D eigenvalue weighted by molar-refractivity contribution is -0.135. The smallest absolute Gasteiger partial charge is 0.270 e. The Kier molecular flexibility index (Phi) is 3.66. The van der Waals surface area contributed by atoms with Gasteiger partial charge in [0, 0.05) is 0 Å². The van der Waals surface area contributed by atoms with Crippen LogP contribution in [0.5, 0.6) is 0 Å². The molecule has 0 aromatic heterocycles. The number of aliphatic hydroxyl groups is 3. The first-order chi connectivity index (χ1) is 5.00. The first kappa shape index (κ1) is 10.0. The lowest BCUT2D eigenvalue weighted by Crippen LogP contribution is -2.43. The minimum atomic E-state index is -2.06. The molecule has 2 radical (unpaired) electrons. The predicted octanol–water partition coefficient (Wildman–Crippen LogP) is -3.01. The summed E-state index contributed by atoms with van der Waals surface area (Å²) in [4.78, 5) is 19.7. The maximum atomic E-state index is 10.0. The number of carbonyl (C=O) groups is 1. The molecule has 0 spiro atoms. The van der Waals surface area contributed by atoms with Crippen LogP contribution in [-0.4, -0.2) is 45.8 Å². The molecule has 0 heterocycles. The van der Waals surface area contributed by atoms with E-state index in [2.05, 4.69) is 0 Å². The normalized spacial score (nSPS) is 18.5. The topological polar surface area (TPSA) is 119 Å². The van der Waals surface area contributed by atoms with Gasteiger partial charge in [0.25, 0.3) is 5.91 Å². The maximum Gasteiger partial charge on any atom is 0.270 e. The fourth-order valence-corrected chi connectivity index (χ4v) is 0.397. The largest absolute Gasteiger partial charge is 0.387 e. The first-order valence-electron chi connectivity index (χ1n) is 2.68. The van der Waals surface area contributed by atoms with E-state index >= 15 is 0 Å². The van der Waals surface area contributed by atoms with Gasteiger partial charge in [-0.1, -0.05) is 0 Å². The monoisotopic (exact) mass is 161 g/mol. The number of hydrogen-bond acceptors (Lipinski definition) is 5. The Morgan fingerprint density at radius 3 is 2.09 bits per heavy atom. The van der Waals surface area contributed by atoms with E-state index in [1.165, 1.54) is 0 Å². The van der Waals surface area contributed by atoms with Gasteiger partial charge in [-0.05, 0) is 0 Å². The van der Waals surface area contributed by atoms with Crippen molar-refractivity contribution in [1.82, 2.24) is 5.73 Å². The Labute approximate surface area is 62.2 Å². The molecule has 11 heavy (non-hydrogen) atoms. The van der Waals surface area contributed by atoms with E-state index in [1.807, 2.05) is 0 Å². The summed E-state index contributed by atoms with van der Waals surface area (Å²) < 4.78 is 0. The van der Waals surface area contributed by atoms with E-state index in [0.29, 0.717) is 0 Å². The van der Waals surface area contributed by atoms with Crippen LogP contribution in [0.15, 0.2) is 0 Å². The van der Waals surface area contributed by atoms with Gasteiger partial charge in [0.2, 0.25) is 6.29 Å². The zero-order valence-electron chi connectivity index (χ0n) is 5.39. The van der Waals surface area contributed by atoms with Gasteiger partial charge in [-0.3, -0.25) is 15.3 Å². The van der Waals surface area contributed by atoms with Crippen molar-refractivity contribution >= 4 is 12.2 Å². The van der Waals surface area contributed by atoms with Crippen molar-refractivity contribution in [3.8, 4) is 0 Å². The summed E-state index contributed by atoms with van der Waals surface area (Å²) in [6.07, 6.45) is -5.04. The summed E-state index contributed by atoms with van der Waals surface area (Å²) in [7, 11) is 0. The van der Waals surface area contributed by atoms with Crippen LogP contribution in [0, 0.1) is 0 Å². The van der Waals surface area contributed by atoms with Crippen LogP contribution in [0.4, 0.5) is 0 Å². The van der Waals surface area contributed by atoms with Crippen LogP contribution >= 0.6 is 0 Å². The van der Waals surface area contributed by atoms with E-state index in [0.717, 1.165) is 6.29 Å². The summed E-state index contributed by atoms with van der Waals surface area (Å²) in [5.74, 6) is -1.47. The number of carbonyl (C=O) groups excluding carboxylic acids is 2. The molecule has 62 valence electrons. The Morgan fingerprint density at radius 1 is 1.36 bits per heavy atom. The highest BCUT2D eigenvalue weighted by molar-refractivity contribution is 5.79. The highest BCUT2D eigenvalue weighted by atomic mass is 16.4. The van der Waals surface area contributed by atoms with Crippen LogP contribution in [0.25, 0.3) is 0 Å². The second-order valence-corrected chi connectivity index (χ2v) is 1.86. The second-order valence-electron chi connectivity index (χ2n) is 1.86. The number of hydrogen-bond donors (Lipinski definition) is 3. The van der Waals surface area contributed by atoms with E-state index in [1.54, 1.807) is 0 Å². The molecule has 0 aromatic rings. The highest BCUT2D eigenvalue weighted by Gasteiger charge is 2.29. The molecular weight excluding hydrogens is 154 g/mol. The standard InChI is InChI=1S/C5H7NO5/c6-5(11)4(10)3(9)2(8)1-7/h2-4,6,8-10H/t2-,3+,4-/m1/s1. The Hall–Kier alpha value is -0.980. The Balaban J connectivity index is 4.11. The summed E-state index contributed by atoms with van der Waals surface area (Å²) in [6, 6.07) is 0. The zero-order chi connectivity index (χ0) is 9.02. The number of aliphatic hydroxyl groups excluding tert-OH is 3. The third-order valence-corrected chi connectivity index (χ3v) is 1.04. The fraction of sp³-hybridized carbons (Fsp3) is 0.600. The third-order valence-electron chi connectivity index (χ3n) is 1.04. The molecule has 0 rings (SSSR count). The molecule has 0 unspecified atom stereocenters. The van der Waals surface area contributed by atoms with E-state index in [9.17, 15) is 9.59 Å². The Morgan fingerprint density at radius 2 is 1.82 bits per heavy atom. The average molecular weight is 161 g/mol. The average Bonchev–Trinajstić information content (AvgIpc) is 2.00. The molecular formula is C5H7NO5. The number of rotatable bonds is 4. The summed E-state index contributed by atoms with van der Waals surface area (Å²) in [5, 5.41) is 25.7. The molecule has 0 aliphatic heterocycles. The fourth-order valence-electron chi connectivity index (χ4n) is 0.397. The van der Waals surface area contributed by atoms with Crippen molar-refractivity contribution in [3.63, 3.8) is 0 Å². The molecule has 1 amide bonds. The molecule has 4 N–H and O–H groups in total. The third kappa shape index (κ3) is 2.62. The van der Waals surface area contributed by atoms with E-state index in [4.69, 9.17) is 21.1 Å². The lowest BCUT2D eigenvalue weighted by Gasteiger charge is -2.14. The van der Waals surface area contributed by atoms with E-state index < -0.39 is 24.2 Å². The number of nitrogens with one attached hydrogen (secondary N) is 1. The minimum Gasteiger partial charge on any atom is -0.387 e. The van der Waals surface area contributed by atoms with Gasteiger partial charge in [-0.2, -0.15) is 0 Å². The van der Waals surface area contributed by atoms with Gasteiger partial charge in [0.05, 0.1) is 0 Å². The molecule has 0 aliphatic carbocycles.